The second-order valence-electron chi connectivity index (χ2n) is 4.59. The number of halogens is 2. The highest BCUT2D eigenvalue weighted by molar-refractivity contribution is 14.1. The number of rotatable bonds is 2. The van der Waals surface area contributed by atoms with E-state index in [1.165, 1.54) is 25.8 Å². The number of hydrogen-bond acceptors (Lipinski definition) is 0. The Morgan fingerprint density at radius 1 is 0.500 bits per heavy atom. The van der Waals surface area contributed by atoms with E-state index in [-0.39, 0.29) is 0 Å². The lowest BCUT2D eigenvalue weighted by molar-refractivity contribution is 1.57. The zero-order valence-electron chi connectivity index (χ0n) is 10.7. The average Bonchev–Trinajstić information content (AvgIpc) is 2.49. The third-order valence-electron chi connectivity index (χ3n) is 3.24. The first-order chi connectivity index (χ1) is 9.72. The van der Waals surface area contributed by atoms with E-state index in [2.05, 4.69) is 111 Å². The first-order valence-corrected chi connectivity index (χ1v) is 8.21. The minimum absolute atomic E-state index is 1.11. The van der Waals surface area contributed by atoms with Crippen LogP contribution < -0.4 is 0 Å². The summed E-state index contributed by atoms with van der Waals surface area (Å²) in [4.78, 5) is 0. The summed E-state index contributed by atoms with van der Waals surface area (Å²) in [6, 6.07) is 25.7. The molecule has 0 saturated heterocycles. The molecule has 0 amide bonds. The monoisotopic (exact) mass is 434 g/mol. The Kier molecular flexibility index (Phi) is 4.22. The van der Waals surface area contributed by atoms with Gasteiger partial charge in [0, 0.05) is 8.04 Å². The average molecular weight is 435 g/mol. The minimum Gasteiger partial charge on any atom is -0.0538 e. The Balaban J connectivity index is 1.91. The lowest BCUT2D eigenvalue weighted by Crippen LogP contribution is -1.81. The first kappa shape index (κ1) is 13.8. The van der Waals surface area contributed by atoms with Crippen molar-refractivity contribution in [2.75, 3.05) is 0 Å². The smallest absolute Gasteiger partial charge is 0.0175 e. The van der Waals surface area contributed by atoms with Crippen molar-refractivity contribution in [1.82, 2.24) is 0 Å². The molecule has 20 heavy (non-hydrogen) atoms. The lowest BCUT2D eigenvalue weighted by Gasteiger charge is -2.05. The van der Waals surface area contributed by atoms with Crippen molar-refractivity contribution in [2.24, 2.45) is 0 Å². The molecule has 0 nitrogen and oxygen atoms in total. The molecule has 0 bridgehead atoms. The molecule has 0 N–H and O–H groups in total. The van der Waals surface area contributed by atoms with Gasteiger partial charge in [0.05, 0.1) is 0 Å². The Bertz CT molecular complexity index is 633. The third-order valence-corrected chi connectivity index (χ3v) is 4.49. The fourth-order valence-corrected chi connectivity index (χ4v) is 2.76. The molecule has 0 heterocycles. The summed E-state index contributed by atoms with van der Waals surface area (Å²) < 4.78 is 2.37. The van der Waals surface area contributed by atoms with Crippen molar-refractivity contribution < 1.29 is 0 Å². The van der Waals surface area contributed by atoms with Gasteiger partial charge in [0.2, 0.25) is 0 Å². The van der Waals surface area contributed by atoms with Gasteiger partial charge < -0.3 is 0 Å². The van der Waals surface area contributed by atoms with E-state index in [1.54, 1.807) is 0 Å². The van der Waals surface area contributed by atoms with Gasteiger partial charge in [0.15, 0.2) is 0 Å². The van der Waals surface area contributed by atoms with Crippen LogP contribution in [-0.2, 0) is 0 Å². The Morgan fingerprint density at radius 3 is 1.20 bits per heavy atom. The maximum Gasteiger partial charge on any atom is 0.0175 e. The van der Waals surface area contributed by atoms with Gasteiger partial charge in [0.25, 0.3) is 0 Å². The molecule has 3 aromatic rings. The molecule has 3 rings (SSSR count). The highest BCUT2D eigenvalue weighted by Gasteiger charge is 2.00. The molecule has 2 heteroatoms. The zero-order chi connectivity index (χ0) is 13.9. The van der Waals surface area contributed by atoms with Crippen LogP contribution in [0.15, 0.2) is 77.3 Å². The Labute approximate surface area is 141 Å². The fourth-order valence-electron chi connectivity index (χ4n) is 2.14. The SMILES string of the molecule is Brc1ccc(-c2ccc(-c3ccc(I)cc3)cc2)cc1. The molecule has 0 fully saturated rings. The van der Waals surface area contributed by atoms with Crippen molar-refractivity contribution in [1.29, 1.82) is 0 Å². The molecule has 3 aromatic carbocycles. The summed E-state index contributed by atoms with van der Waals surface area (Å²) in [5.41, 5.74) is 4.99. The second-order valence-corrected chi connectivity index (χ2v) is 6.75. The molecule has 0 aliphatic heterocycles. The largest absolute Gasteiger partial charge is 0.0538 e. The van der Waals surface area contributed by atoms with Crippen molar-refractivity contribution in [3.05, 3.63) is 80.8 Å². The molecule has 0 aliphatic rings. The van der Waals surface area contributed by atoms with E-state index in [4.69, 9.17) is 0 Å². The van der Waals surface area contributed by atoms with E-state index in [0.29, 0.717) is 0 Å². The van der Waals surface area contributed by atoms with Gasteiger partial charge in [-0.1, -0.05) is 64.5 Å². The standard InChI is InChI=1S/C18H12BrI/c19-17-9-5-15(6-10-17)13-1-3-14(4-2-13)16-7-11-18(20)12-8-16/h1-12H. The van der Waals surface area contributed by atoms with Crippen LogP contribution in [0.2, 0.25) is 0 Å². The molecular formula is C18H12BrI. The van der Waals surface area contributed by atoms with Gasteiger partial charge >= 0.3 is 0 Å². The third kappa shape index (κ3) is 3.13. The summed E-state index contributed by atoms with van der Waals surface area (Å²) in [6.07, 6.45) is 0. The highest BCUT2D eigenvalue weighted by atomic mass is 127. The Morgan fingerprint density at radius 2 is 0.800 bits per heavy atom. The van der Waals surface area contributed by atoms with Gasteiger partial charge in [-0.3, -0.25) is 0 Å². The van der Waals surface area contributed by atoms with Crippen LogP contribution in [0.4, 0.5) is 0 Å². The van der Waals surface area contributed by atoms with Crippen molar-refractivity contribution in [3.8, 4) is 22.3 Å². The van der Waals surface area contributed by atoms with Crippen LogP contribution in [0.3, 0.4) is 0 Å². The zero-order valence-corrected chi connectivity index (χ0v) is 14.4. The van der Waals surface area contributed by atoms with Crippen LogP contribution >= 0.6 is 38.5 Å². The second kappa shape index (κ2) is 6.10. The van der Waals surface area contributed by atoms with Crippen molar-refractivity contribution >= 4 is 38.5 Å². The van der Waals surface area contributed by atoms with Gasteiger partial charge in [0.1, 0.15) is 0 Å². The molecule has 0 saturated carbocycles. The van der Waals surface area contributed by atoms with Crippen molar-refractivity contribution in [2.45, 2.75) is 0 Å². The topological polar surface area (TPSA) is 0 Å². The van der Waals surface area contributed by atoms with E-state index in [1.807, 2.05) is 0 Å². The van der Waals surface area contributed by atoms with E-state index < -0.39 is 0 Å². The minimum atomic E-state index is 1.11. The summed E-state index contributed by atoms with van der Waals surface area (Å²) in [5, 5.41) is 0. The fraction of sp³-hybridized carbons (Fsp3) is 0. The molecule has 0 spiro atoms. The highest BCUT2D eigenvalue weighted by Crippen LogP contribution is 2.26. The van der Waals surface area contributed by atoms with Crippen LogP contribution in [0.1, 0.15) is 0 Å². The predicted octanol–water partition coefficient (Wildman–Crippen LogP) is 6.39. The molecule has 0 radical (unpaired) electrons. The van der Waals surface area contributed by atoms with E-state index in [0.717, 1.165) is 4.47 Å². The molecular weight excluding hydrogens is 423 g/mol. The van der Waals surface area contributed by atoms with Gasteiger partial charge in [-0.15, -0.1) is 0 Å². The van der Waals surface area contributed by atoms with E-state index >= 15 is 0 Å². The summed E-state index contributed by atoms with van der Waals surface area (Å²) in [6.45, 7) is 0. The summed E-state index contributed by atoms with van der Waals surface area (Å²) in [5.74, 6) is 0. The molecule has 0 aromatic heterocycles. The quantitative estimate of drug-likeness (QED) is 0.410. The molecule has 0 aliphatic carbocycles. The summed E-state index contributed by atoms with van der Waals surface area (Å²) >= 11 is 5.79. The predicted molar refractivity (Wildman–Crippen MR) is 97.7 cm³/mol. The lowest BCUT2D eigenvalue weighted by atomic mass is 10.0. The maximum absolute atomic E-state index is 3.47. The molecule has 98 valence electrons. The van der Waals surface area contributed by atoms with Crippen molar-refractivity contribution in [3.63, 3.8) is 0 Å². The van der Waals surface area contributed by atoms with Crippen LogP contribution in [0.25, 0.3) is 22.3 Å². The maximum atomic E-state index is 3.47. The number of benzene rings is 3. The van der Waals surface area contributed by atoms with Gasteiger partial charge in [-0.2, -0.15) is 0 Å². The molecule has 0 atom stereocenters. The van der Waals surface area contributed by atoms with Gasteiger partial charge in [-0.25, -0.2) is 0 Å². The summed E-state index contributed by atoms with van der Waals surface area (Å²) in [7, 11) is 0. The van der Waals surface area contributed by atoms with Crippen LogP contribution in [0, 0.1) is 3.57 Å². The van der Waals surface area contributed by atoms with Crippen LogP contribution in [-0.4, -0.2) is 0 Å². The van der Waals surface area contributed by atoms with Gasteiger partial charge in [-0.05, 0) is 69.1 Å². The normalized spacial score (nSPS) is 10.5. The molecule has 0 unspecified atom stereocenters. The van der Waals surface area contributed by atoms with E-state index in [9.17, 15) is 0 Å². The number of hydrogen-bond donors (Lipinski definition) is 0. The first-order valence-electron chi connectivity index (χ1n) is 6.34. The van der Waals surface area contributed by atoms with Crippen LogP contribution in [0.5, 0.6) is 0 Å². The Hall–Kier alpha value is -1.13.